The van der Waals surface area contributed by atoms with Gasteiger partial charge in [0, 0.05) is 23.5 Å². The first kappa shape index (κ1) is 13.5. The molecule has 3 rings (SSSR count). The van der Waals surface area contributed by atoms with Gasteiger partial charge in [-0.2, -0.15) is 0 Å². The maximum Gasteiger partial charge on any atom is 0.115 e. The second-order valence-corrected chi connectivity index (χ2v) is 7.58. The first-order valence-corrected chi connectivity index (χ1v) is 8.31. The average Bonchev–Trinajstić information content (AvgIpc) is 2.98. The van der Waals surface area contributed by atoms with Gasteiger partial charge in [0.25, 0.3) is 0 Å². The molecule has 2 saturated heterocycles. The minimum atomic E-state index is 0.106. The Morgan fingerprint density at radius 3 is 2.79 bits per heavy atom. The second kappa shape index (κ2) is 4.83. The Labute approximate surface area is 120 Å². The minimum Gasteiger partial charge on any atom is -0.302 e. The van der Waals surface area contributed by atoms with Gasteiger partial charge in [-0.25, -0.2) is 4.98 Å². The number of fused-ring (bicyclic) bond motifs is 1. The van der Waals surface area contributed by atoms with Gasteiger partial charge in [0.05, 0.1) is 11.2 Å². The molecule has 0 amide bonds. The summed E-state index contributed by atoms with van der Waals surface area (Å²) >= 11 is 1.90. The van der Waals surface area contributed by atoms with Crippen molar-refractivity contribution < 1.29 is 0 Å². The number of nitrogens with one attached hydrogen (secondary N) is 1. The maximum atomic E-state index is 4.91. The largest absolute Gasteiger partial charge is 0.302 e. The van der Waals surface area contributed by atoms with E-state index in [1.807, 2.05) is 11.3 Å². The molecule has 1 N–H and O–H groups in total. The molecule has 2 atom stereocenters. The van der Waals surface area contributed by atoms with Crippen molar-refractivity contribution in [3.05, 3.63) is 15.6 Å². The molecule has 1 aromatic rings. The molecule has 0 aliphatic carbocycles. The van der Waals surface area contributed by atoms with E-state index in [9.17, 15) is 0 Å². The maximum absolute atomic E-state index is 4.91. The molecule has 2 aliphatic rings. The molecular weight excluding hydrogens is 254 g/mol. The van der Waals surface area contributed by atoms with Crippen molar-refractivity contribution in [3.63, 3.8) is 0 Å². The lowest BCUT2D eigenvalue weighted by atomic mass is 9.88. The Balaban J connectivity index is 2.01. The van der Waals surface area contributed by atoms with E-state index in [4.69, 9.17) is 4.98 Å². The molecule has 0 spiro atoms. The fraction of sp³-hybridized carbons (Fsp3) is 0.800. The molecule has 2 unspecified atom stereocenters. The minimum absolute atomic E-state index is 0.106. The SMILES string of the molecule is Cc1nc(C2(NC(C)C)CCN3CCCC32)sc1C. The summed E-state index contributed by atoms with van der Waals surface area (Å²) in [5.74, 6) is 0. The van der Waals surface area contributed by atoms with Crippen molar-refractivity contribution in [2.24, 2.45) is 0 Å². The van der Waals surface area contributed by atoms with E-state index in [0.29, 0.717) is 12.1 Å². The van der Waals surface area contributed by atoms with Crippen LogP contribution in [0.25, 0.3) is 0 Å². The first-order valence-electron chi connectivity index (χ1n) is 7.49. The first-order chi connectivity index (χ1) is 9.03. The number of rotatable bonds is 3. The Morgan fingerprint density at radius 1 is 1.37 bits per heavy atom. The van der Waals surface area contributed by atoms with Gasteiger partial charge in [0.15, 0.2) is 0 Å². The van der Waals surface area contributed by atoms with Crippen LogP contribution in [0.15, 0.2) is 0 Å². The Bertz CT molecular complexity index is 448. The normalized spacial score (nSPS) is 31.3. The number of hydrogen-bond acceptors (Lipinski definition) is 4. The fourth-order valence-corrected chi connectivity index (χ4v) is 4.94. The molecule has 0 bridgehead atoms. The van der Waals surface area contributed by atoms with Crippen LogP contribution in [0.5, 0.6) is 0 Å². The zero-order valence-corrected chi connectivity index (χ0v) is 13.3. The van der Waals surface area contributed by atoms with Crippen LogP contribution in [0.3, 0.4) is 0 Å². The number of aromatic nitrogens is 1. The predicted octanol–water partition coefficient (Wildman–Crippen LogP) is 2.82. The summed E-state index contributed by atoms with van der Waals surface area (Å²) < 4.78 is 0. The summed E-state index contributed by atoms with van der Waals surface area (Å²) in [7, 11) is 0. The molecule has 2 aliphatic heterocycles. The van der Waals surface area contributed by atoms with Crippen molar-refractivity contribution in [1.82, 2.24) is 15.2 Å². The van der Waals surface area contributed by atoms with Crippen molar-refractivity contribution in [2.45, 2.75) is 64.6 Å². The fourth-order valence-electron chi connectivity index (χ4n) is 3.80. The van der Waals surface area contributed by atoms with Crippen LogP contribution in [-0.2, 0) is 5.54 Å². The monoisotopic (exact) mass is 279 g/mol. The summed E-state index contributed by atoms with van der Waals surface area (Å²) in [6.07, 6.45) is 3.87. The van der Waals surface area contributed by atoms with Gasteiger partial charge in [0.1, 0.15) is 5.01 Å². The van der Waals surface area contributed by atoms with E-state index in [1.54, 1.807) is 0 Å². The van der Waals surface area contributed by atoms with Gasteiger partial charge in [-0.05, 0) is 53.5 Å². The van der Waals surface area contributed by atoms with E-state index in [1.165, 1.54) is 47.9 Å². The zero-order valence-electron chi connectivity index (χ0n) is 12.5. The van der Waals surface area contributed by atoms with E-state index < -0.39 is 0 Å². The molecular formula is C15H25N3S. The van der Waals surface area contributed by atoms with Crippen LogP contribution in [0.4, 0.5) is 0 Å². The Morgan fingerprint density at radius 2 is 2.16 bits per heavy atom. The van der Waals surface area contributed by atoms with Gasteiger partial charge in [-0.3, -0.25) is 4.90 Å². The van der Waals surface area contributed by atoms with Crippen LogP contribution in [-0.4, -0.2) is 35.1 Å². The van der Waals surface area contributed by atoms with E-state index in [0.717, 1.165) is 0 Å². The third kappa shape index (κ3) is 2.14. The summed E-state index contributed by atoms with van der Waals surface area (Å²) in [6.45, 7) is 11.3. The van der Waals surface area contributed by atoms with Crippen LogP contribution < -0.4 is 5.32 Å². The van der Waals surface area contributed by atoms with E-state index >= 15 is 0 Å². The molecule has 0 saturated carbocycles. The Kier molecular flexibility index (Phi) is 3.44. The number of nitrogens with zero attached hydrogens (tertiary/aromatic N) is 2. The lowest BCUT2D eigenvalue weighted by Gasteiger charge is -2.36. The molecule has 2 fully saturated rings. The molecule has 106 valence electrons. The van der Waals surface area contributed by atoms with E-state index in [2.05, 4.69) is 37.9 Å². The van der Waals surface area contributed by atoms with Gasteiger partial charge >= 0.3 is 0 Å². The number of hydrogen-bond donors (Lipinski definition) is 1. The standard InChI is InChI=1S/C15H25N3S/c1-10(2)17-15(14-16-11(3)12(4)19-14)7-9-18-8-5-6-13(15)18/h10,13,17H,5-9H2,1-4H3. The predicted molar refractivity (Wildman–Crippen MR) is 80.7 cm³/mol. The summed E-state index contributed by atoms with van der Waals surface area (Å²) in [6, 6.07) is 1.16. The molecule has 3 nitrogen and oxygen atoms in total. The van der Waals surface area contributed by atoms with Crippen LogP contribution in [0.2, 0.25) is 0 Å². The van der Waals surface area contributed by atoms with Crippen LogP contribution >= 0.6 is 11.3 Å². The third-order valence-electron chi connectivity index (χ3n) is 4.68. The van der Waals surface area contributed by atoms with E-state index in [-0.39, 0.29) is 5.54 Å². The summed E-state index contributed by atoms with van der Waals surface area (Å²) in [4.78, 5) is 8.95. The lowest BCUT2D eigenvalue weighted by Crippen LogP contribution is -2.52. The second-order valence-electron chi connectivity index (χ2n) is 6.38. The van der Waals surface area contributed by atoms with Gasteiger partial charge < -0.3 is 5.32 Å². The smallest absolute Gasteiger partial charge is 0.115 e. The van der Waals surface area contributed by atoms with Crippen molar-refractivity contribution in [1.29, 1.82) is 0 Å². The van der Waals surface area contributed by atoms with Crippen LogP contribution in [0.1, 0.15) is 48.7 Å². The molecule has 19 heavy (non-hydrogen) atoms. The average molecular weight is 279 g/mol. The number of thiazole rings is 1. The van der Waals surface area contributed by atoms with Gasteiger partial charge in [-0.15, -0.1) is 11.3 Å². The lowest BCUT2D eigenvalue weighted by molar-refractivity contribution is 0.212. The topological polar surface area (TPSA) is 28.2 Å². The van der Waals surface area contributed by atoms with Crippen molar-refractivity contribution in [3.8, 4) is 0 Å². The Hall–Kier alpha value is -0.450. The van der Waals surface area contributed by atoms with Crippen molar-refractivity contribution in [2.75, 3.05) is 13.1 Å². The molecule has 1 aromatic heterocycles. The molecule has 4 heteroatoms. The van der Waals surface area contributed by atoms with Crippen LogP contribution in [0, 0.1) is 13.8 Å². The molecule has 3 heterocycles. The summed E-state index contributed by atoms with van der Waals surface area (Å²) in [5, 5.41) is 5.21. The summed E-state index contributed by atoms with van der Waals surface area (Å²) in [5.41, 5.74) is 1.32. The quantitative estimate of drug-likeness (QED) is 0.922. The third-order valence-corrected chi connectivity index (χ3v) is 5.93. The highest BCUT2D eigenvalue weighted by atomic mass is 32.1. The van der Waals surface area contributed by atoms with Crippen molar-refractivity contribution >= 4 is 11.3 Å². The van der Waals surface area contributed by atoms with Gasteiger partial charge in [-0.1, -0.05) is 0 Å². The highest BCUT2D eigenvalue weighted by Gasteiger charge is 2.52. The number of aryl methyl sites for hydroxylation is 2. The molecule has 0 radical (unpaired) electrons. The molecule has 0 aromatic carbocycles. The van der Waals surface area contributed by atoms with Gasteiger partial charge in [0.2, 0.25) is 0 Å². The highest BCUT2D eigenvalue weighted by Crippen LogP contribution is 2.44. The highest BCUT2D eigenvalue weighted by molar-refractivity contribution is 7.11. The zero-order chi connectivity index (χ0) is 13.6.